The van der Waals surface area contributed by atoms with Crippen LogP contribution in [0.2, 0.25) is 0 Å². The third kappa shape index (κ3) is 1.29. The van der Waals surface area contributed by atoms with Gasteiger partial charge in [0.25, 0.3) is 0 Å². The molecule has 0 aliphatic heterocycles. The molecule has 0 spiro atoms. The van der Waals surface area contributed by atoms with Crippen molar-refractivity contribution in [2.45, 2.75) is 6.04 Å². The standard InChI is InChI=1S/C15H15N/c1-16(2)14-10-9-12-6-3-5-11-7-4-8-13(14)15(11)12/h3-10,14H,1-2H3. The van der Waals surface area contributed by atoms with Crippen LogP contribution < -0.4 is 0 Å². The molecule has 1 nitrogen and oxygen atoms in total. The summed E-state index contributed by atoms with van der Waals surface area (Å²) < 4.78 is 0. The van der Waals surface area contributed by atoms with Crippen LogP contribution >= 0.6 is 0 Å². The first-order chi connectivity index (χ1) is 7.77. The Morgan fingerprint density at radius 3 is 2.50 bits per heavy atom. The minimum atomic E-state index is 0.401. The van der Waals surface area contributed by atoms with E-state index in [1.165, 1.54) is 21.9 Å². The maximum atomic E-state index is 2.27. The van der Waals surface area contributed by atoms with Crippen molar-refractivity contribution < 1.29 is 0 Å². The summed E-state index contributed by atoms with van der Waals surface area (Å²) in [5.74, 6) is 0. The molecule has 0 heterocycles. The molecule has 0 fully saturated rings. The molecular formula is C15H15N. The summed E-state index contributed by atoms with van der Waals surface area (Å²) in [6.45, 7) is 0. The van der Waals surface area contributed by atoms with Crippen molar-refractivity contribution in [3.8, 4) is 0 Å². The van der Waals surface area contributed by atoms with E-state index < -0.39 is 0 Å². The van der Waals surface area contributed by atoms with Gasteiger partial charge in [0.2, 0.25) is 0 Å². The minimum Gasteiger partial charge on any atom is -0.299 e. The van der Waals surface area contributed by atoms with Crippen molar-refractivity contribution in [2.75, 3.05) is 14.1 Å². The van der Waals surface area contributed by atoms with Crippen molar-refractivity contribution >= 4 is 16.8 Å². The summed E-state index contributed by atoms with van der Waals surface area (Å²) in [6.07, 6.45) is 4.51. The quantitative estimate of drug-likeness (QED) is 0.695. The smallest absolute Gasteiger partial charge is 0.0536 e. The Morgan fingerprint density at radius 2 is 1.75 bits per heavy atom. The fourth-order valence-corrected chi connectivity index (χ4v) is 2.53. The van der Waals surface area contributed by atoms with E-state index in [0.717, 1.165) is 0 Å². The zero-order valence-corrected chi connectivity index (χ0v) is 9.64. The second kappa shape index (κ2) is 3.46. The molecule has 0 saturated carbocycles. The number of rotatable bonds is 1. The van der Waals surface area contributed by atoms with Crippen LogP contribution in [0.3, 0.4) is 0 Å². The number of hydrogen-bond donors (Lipinski definition) is 0. The van der Waals surface area contributed by atoms with Crippen LogP contribution in [-0.4, -0.2) is 19.0 Å². The van der Waals surface area contributed by atoms with Crippen molar-refractivity contribution in [1.82, 2.24) is 4.90 Å². The molecule has 0 N–H and O–H groups in total. The first-order valence-electron chi connectivity index (χ1n) is 5.63. The van der Waals surface area contributed by atoms with E-state index in [9.17, 15) is 0 Å². The van der Waals surface area contributed by atoms with Crippen LogP contribution in [0.15, 0.2) is 42.5 Å². The molecule has 0 amide bonds. The molecule has 0 saturated heterocycles. The lowest BCUT2D eigenvalue weighted by Gasteiger charge is -2.26. The van der Waals surface area contributed by atoms with Gasteiger partial charge in [-0.05, 0) is 36.0 Å². The Hall–Kier alpha value is -1.60. The predicted octanol–water partition coefficient (Wildman–Crippen LogP) is 3.47. The molecule has 1 unspecified atom stereocenters. The van der Waals surface area contributed by atoms with Crippen LogP contribution in [0.1, 0.15) is 17.2 Å². The second-order valence-electron chi connectivity index (χ2n) is 4.56. The molecule has 0 radical (unpaired) electrons. The van der Waals surface area contributed by atoms with Gasteiger partial charge in [-0.2, -0.15) is 0 Å². The molecule has 1 aliphatic rings. The van der Waals surface area contributed by atoms with Gasteiger partial charge in [-0.1, -0.05) is 48.6 Å². The van der Waals surface area contributed by atoms with Crippen LogP contribution in [0, 0.1) is 0 Å². The topological polar surface area (TPSA) is 3.24 Å². The van der Waals surface area contributed by atoms with E-state index in [4.69, 9.17) is 0 Å². The highest BCUT2D eigenvalue weighted by Gasteiger charge is 2.18. The van der Waals surface area contributed by atoms with Gasteiger partial charge >= 0.3 is 0 Å². The van der Waals surface area contributed by atoms with Gasteiger partial charge in [0.1, 0.15) is 0 Å². The maximum absolute atomic E-state index is 2.27. The summed E-state index contributed by atoms with van der Waals surface area (Å²) in [7, 11) is 4.25. The monoisotopic (exact) mass is 209 g/mol. The molecule has 0 aromatic heterocycles. The number of benzene rings is 2. The molecule has 16 heavy (non-hydrogen) atoms. The highest BCUT2D eigenvalue weighted by atomic mass is 15.1. The molecule has 0 bridgehead atoms. The Morgan fingerprint density at radius 1 is 1.00 bits per heavy atom. The van der Waals surface area contributed by atoms with Gasteiger partial charge in [-0.25, -0.2) is 0 Å². The number of hydrogen-bond acceptors (Lipinski definition) is 1. The molecular weight excluding hydrogens is 194 g/mol. The highest BCUT2D eigenvalue weighted by molar-refractivity contribution is 5.95. The summed E-state index contributed by atoms with van der Waals surface area (Å²) in [5.41, 5.74) is 2.76. The molecule has 1 atom stereocenters. The van der Waals surface area contributed by atoms with Crippen LogP contribution in [-0.2, 0) is 0 Å². The molecule has 1 aliphatic carbocycles. The van der Waals surface area contributed by atoms with Gasteiger partial charge in [0.05, 0.1) is 6.04 Å². The average Bonchev–Trinajstić information content (AvgIpc) is 2.30. The van der Waals surface area contributed by atoms with Crippen LogP contribution in [0.25, 0.3) is 16.8 Å². The zero-order valence-electron chi connectivity index (χ0n) is 9.64. The third-order valence-corrected chi connectivity index (χ3v) is 3.30. The average molecular weight is 209 g/mol. The van der Waals surface area contributed by atoms with E-state index in [-0.39, 0.29) is 0 Å². The molecule has 80 valence electrons. The van der Waals surface area contributed by atoms with E-state index in [0.29, 0.717) is 6.04 Å². The Balaban J connectivity index is 2.36. The summed E-state index contributed by atoms with van der Waals surface area (Å²) >= 11 is 0. The third-order valence-electron chi connectivity index (χ3n) is 3.30. The van der Waals surface area contributed by atoms with Gasteiger partial charge < -0.3 is 0 Å². The van der Waals surface area contributed by atoms with E-state index in [1.54, 1.807) is 0 Å². The molecule has 2 aromatic rings. The van der Waals surface area contributed by atoms with E-state index in [2.05, 4.69) is 67.5 Å². The van der Waals surface area contributed by atoms with E-state index >= 15 is 0 Å². The molecule has 1 heteroatoms. The van der Waals surface area contributed by atoms with Gasteiger partial charge in [-0.15, -0.1) is 0 Å². The van der Waals surface area contributed by atoms with Crippen molar-refractivity contribution in [1.29, 1.82) is 0 Å². The van der Waals surface area contributed by atoms with Crippen molar-refractivity contribution in [3.63, 3.8) is 0 Å². The lowest BCUT2D eigenvalue weighted by molar-refractivity contribution is 0.353. The molecule has 3 rings (SSSR count). The van der Waals surface area contributed by atoms with Gasteiger partial charge in [0.15, 0.2) is 0 Å². The fourth-order valence-electron chi connectivity index (χ4n) is 2.53. The number of nitrogens with zero attached hydrogens (tertiary/aromatic N) is 1. The summed E-state index contributed by atoms with van der Waals surface area (Å²) in [5, 5.41) is 2.75. The lowest BCUT2D eigenvalue weighted by atomic mass is 9.90. The Labute approximate surface area is 96.0 Å². The minimum absolute atomic E-state index is 0.401. The second-order valence-corrected chi connectivity index (χ2v) is 4.56. The van der Waals surface area contributed by atoms with Gasteiger partial charge in [0, 0.05) is 0 Å². The fraction of sp³-hybridized carbons (Fsp3) is 0.200. The SMILES string of the molecule is CN(C)C1C=Cc2cccc3cccc1c23. The van der Waals surface area contributed by atoms with Crippen molar-refractivity contribution in [3.05, 3.63) is 53.6 Å². The molecule has 2 aromatic carbocycles. The normalized spacial score (nSPS) is 18.3. The summed E-state index contributed by atoms with van der Waals surface area (Å²) in [4.78, 5) is 2.25. The largest absolute Gasteiger partial charge is 0.299 e. The Kier molecular flexibility index (Phi) is 2.08. The zero-order chi connectivity index (χ0) is 11.1. The highest BCUT2D eigenvalue weighted by Crippen LogP contribution is 2.35. The van der Waals surface area contributed by atoms with E-state index in [1.807, 2.05) is 0 Å². The summed E-state index contributed by atoms with van der Waals surface area (Å²) in [6, 6.07) is 13.5. The lowest BCUT2D eigenvalue weighted by Crippen LogP contribution is -2.19. The first-order valence-corrected chi connectivity index (χ1v) is 5.63. The maximum Gasteiger partial charge on any atom is 0.0536 e. The van der Waals surface area contributed by atoms with Crippen molar-refractivity contribution in [2.24, 2.45) is 0 Å². The van der Waals surface area contributed by atoms with Gasteiger partial charge in [-0.3, -0.25) is 4.90 Å². The predicted molar refractivity (Wildman–Crippen MR) is 69.4 cm³/mol. The van der Waals surface area contributed by atoms with Crippen LogP contribution in [0.5, 0.6) is 0 Å². The van der Waals surface area contributed by atoms with Crippen LogP contribution in [0.4, 0.5) is 0 Å². The number of likely N-dealkylation sites (N-methyl/N-ethyl adjacent to an activating group) is 1. The first kappa shape index (κ1) is 9.61. The Bertz CT molecular complexity index is 561.